The molecular weight excluding hydrogens is 674 g/mol. The second kappa shape index (κ2) is 14.5. The van der Waals surface area contributed by atoms with Crippen LogP contribution in [-0.2, 0) is 43.1 Å². The van der Waals surface area contributed by atoms with Gasteiger partial charge in [-0.15, -0.1) is 34.7 Å². The Hall–Kier alpha value is -4.51. The molecule has 0 bridgehead atoms. The van der Waals surface area contributed by atoms with E-state index in [-0.39, 0.29) is 35.3 Å². The Kier molecular flexibility index (Phi) is 10.4. The first kappa shape index (κ1) is 33.8. The van der Waals surface area contributed by atoms with Crippen LogP contribution in [0.15, 0.2) is 71.2 Å². The molecule has 0 aliphatic carbocycles. The number of alkyl halides is 1. The van der Waals surface area contributed by atoms with Crippen LogP contribution in [0.3, 0.4) is 0 Å². The predicted molar refractivity (Wildman–Crippen MR) is 171 cm³/mol. The van der Waals surface area contributed by atoms with Crippen molar-refractivity contribution in [2.24, 2.45) is 5.16 Å². The van der Waals surface area contributed by atoms with Crippen LogP contribution in [0.2, 0.25) is 0 Å². The molecule has 2 atom stereocenters. The number of benzene rings is 2. The third-order valence-electron chi connectivity index (χ3n) is 7.13. The number of thioether (sulfide) groups is 1. The van der Waals surface area contributed by atoms with Crippen molar-refractivity contribution in [1.82, 2.24) is 15.4 Å². The number of thiazole rings is 1. The van der Waals surface area contributed by atoms with Crippen molar-refractivity contribution in [2.45, 2.75) is 29.5 Å². The van der Waals surface area contributed by atoms with Gasteiger partial charge in [-0.25, -0.2) is 9.78 Å². The van der Waals surface area contributed by atoms with E-state index in [9.17, 15) is 24.0 Å². The fraction of sp³-hybridized carbons (Fsp3) is 0.300. The molecule has 3 amide bonds. The number of aromatic nitrogens is 1. The maximum absolute atomic E-state index is 14.1. The Labute approximate surface area is 281 Å². The van der Waals surface area contributed by atoms with Crippen molar-refractivity contribution in [1.29, 1.82) is 0 Å². The molecule has 0 saturated carbocycles. The summed E-state index contributed by atoms with van der Waals surface area (Å²) in [7, 11) is 1.22. The molecule has 0 spiro atoms. The molecule has 5 rings (SSSR count). The fourth-order valence-corrected chi connectivity index (χ4v) is 6.24. The third-order valence-corrected chi connectivity index (χ3v) is 9.22. The minimum atomic E-state index is -2.27. The summed E-state index contributed by atoms with van der Waals surface area (Å²) in [4.78, 5) is 78.9. The van der Waals surface area contributed by atoms with Gasteiger partial charge in [-0.3, -0.25) is 24.0 Å². The number of nitrogens with zero attached hydrogens (tertiary/aromatic N) is 3. The minimum absolute atomic E-state index is 0.0383. The lowest BCUT2D eigenvalue weighted by Crippen LogP contribution is -2.61. The normalized spacial score (nSPS) is 21.0. The molecule has 246 valence electrons. The van der Waals surface area contributed by atoms with Crippen molar-refractivity contribution < 1.29 is 43.1 Å². The number of hydroxylamine groups is 2. The molecule has 17 heteroatoms. The lowest BCUT2D eigenvalue weighted by Gasteiger charge is -2.34. The van der Waals surface area contributed by atoms with Crippen molar-refractivity contribution in [2.75, 3.05) is 31.2 Å². The molecule has 2 aliphatic rings. The van der Waals surface area contributed by atoms with E-state index < -0.39 is 53.0 Å². The molecule has 3 heterocycles. The van der Waals surface area contributed by atoms with E-state index >= 15 is 0 Å². The SMILES string of the molecule is CO/N=C(\C(=O)N[C@]1(SC)CON(C2(C(=O)OC(c3ccccc3)c3ccccc3)CCC(=O)O2)C1=O)c1csc(NC(=O)CCl)n1. The van der Waals surface area contributed by atoms with Gasteiger partial charge in [0, 0.05) is 11.8 Å². The lowest BCUT2D eigenvalue weighted by atomic mass is 10.0. The van der Waals surface area contributed by atoms with Gasteiger partial charge >= 0.3 is 17.7 Å². The summed E-state index contributed by atoms with van der Waals surface area (Å²) >= 11 is 7.47. The summed E-state index contributed by atoms with van der Waals surface area (Å²) in [5.74, 6) is -4.34. The lowest BCUT2D eigenvalue weighted by molar-refractivity contribution is -0.260. The number of amides is 3. The number of nitrogens with one attached hydrogen (secondary N) is 2. The number of oxime groups is 1. The number of esters is 2. The van der Waals surface area contributed by atoms with Crippen LogP contribution in [-0.4, -0.2) is 81.9 Å². The van der Waals surface area contributed by atoms with Gasteiger partial charge < -0.3 is 24.9 Å². The van der Waals surface area contributed by atoms with E-state index in [4.69, 9.17) is 30.7 Å². The van der Waals surface area contributed by atoms with Crippen molar-refractivity contribution in [3.8, 4) is 0 Å². The maximum atomic E-state index is 14.1. The average Bonchev–Trinajstić information content (AvgIpc) is 3.81. The molecule has 2 N–H and O–H groups in total. The highest BCUT2D eigenvalue weighted by Crippen LogP contribution is 2.41. The van der Waals surface area contributed by atoms with Crippen LogP contribution in [0.4, 0.5) is 5.13 Å². The van der Waals surface area contributed by atoms with Gasteiger partial charge in [0.1, 0.15) is 25.3 Å². The van der Waals surface area contributed by atoms with Crippen LogP contribution in [0, 0.1) is 0 Å². The predicted octanol–water partition coefficient (Wildman–Crippen LogP) is 2.99. The Morgan fingerprint density at radius 1 is 1.13 bits per heavy atom. The van der Waals surface area contributed by atoms with E-state index in [1.807, 2.05) is 12.1 Å². The highest BCUT2D eigenvalue weighted by molar-refractivity contribution is 8.00. The standard InChI is InChI=1S/C30H28ClN5O9S2/c1-42-35-23(20-16-47-28(32-20)33-21(37)15-31)25(39)34-29(46-2)17-43-36(26(29)40)30(14-13-22(38)45-30)27(41)44-24(18-9-5-3-6-10-18)19-11-7-4-8-12-19/h3-12,16,24H,13-15,17H2,1-2H3,(H,34,39)(H,32,33,37)/b35-23-/t29-,30?/m0/s1. The van der Waals surface area contributed by atoms with Crippen LogP contribution in [0.25, 0.3) is 0 Å². The number of rotatable bonds is 12. The smallest absolute Gasteiger partial charge is 0.376 e. The summed E-state index contributed by atoms with van der Waals surface area (Å²) in [6, 6.07) is 17.9. The minimum Gasteiger partial charge on any atom is -0.448 e. The second-order valence-electron chi connectivity index (χ2n) is 10.1. The van der Waals surface area contributed by atoms with E-state index in [0.29, 0.717) is 16.2 Å². The van der Waals surface area contributed by atoms with Crippen molar-refractivity contribution >= 4 is 75.2 Å². The number of carbonyl (C=O) groups excluding carboxylic acids is 5. The molecule has 47 heavy (non-hydrogen) atoms. The Balaban J connectivity index is 1.41. The van der Waals surface area contributed by atoms with E-state index in [0.717, 1.165) is 23.1 Å². The first-order valence-electron chi connectivity index (χ1n) is 14.0. The highest BCUT2D eigenvalue weighted by atomic mass is 35.5. The number of ether oxygens (including phenoxy) is 2. The number of cyclic esters (lactones) is 1. The second-order valence-corrected chi connectivity index (χ2v) is 12.3. The Morgan fingerprint density at radius 2 is 1.79 bits per heavy atom. The van der Waals surface area contributed by atoms with Gasteiger partial charge in [0.25, 0.3) is 11.8 Å². The number of hydrogen-bond donors (Lipinski definition) is 2. The molecule has 2 aromatic carbocycles. The van der Waals surface area contributed by atoms with E-state index in [1.165, 1.54) is 12.5 Å². The maximum Gasteiger partial charge on any atom is 0.376 e. The number of carbonyl (C=O) groups is 5. The fourth-order valence-electron chi connectivity index (χ4n) is 4.84. The van der Waals surface area contributed by atoms with Crippen molar-refractivity contribution in [3.05, 3.63) is 82.9 Å². The van der Waals surface area contributed by atoms with E-state index in [2.05, 4.69) is 20.8 Å². The topological polar surface area (TPSA) is 175 Å². The average molecular weight is 702 g/mol. The first-order valence-corrected chi connectivity index (χ1v) is 16.6. The van der Waals surface area contributed by atoms with Gasteiger partial charge in [0.2, 0.25) is 5.91 Å². The number of hydrogen-bond acceptors (Lipinski definition) is 13. The van der Waals surface area contributed by atoms with Crippen LogP contribution < -0.4 is 10.6 Å². The zero-order valence-electron chi connectivity index (χ0n) is 25.0. The molecule has 3 aromatic rings. The van der Waals surface area contributed by atoms with Gasteiger partial charge in [-0.05, 0) is 17.4 Å². The zero-order chi connectivity index (χ0) is 33.6. The van der Waals surface area contributed by atoms with Crippen LogP contribution >= 0.6 is 34.7 Å². The third kappa shape index (κ3) is 6.95. The first-order chi connectivity index (χ1) is 22.7. The molecule has 0 radical (unpaired) electrons. The van der Waals surface area contributed by atoms with Crippen LogP contribution in [0.5, 0.6) is 0 Å². The summed E-state index contributed by atoms with van der Waals surface area (Å²) in [5, 5.41) is 11.1. The number of halogens is 1. The summed E-state index contributed by atoms with van der Waals surface area (Å²) in [5.41, 5.74) is -1.26. The molecule has 14 nitrogen and oxygen atoms in total. The zero-order valence-corrected chi connectivity index (χ0v) is 27.4. The van der Waals surface area contributed by atoms with E-state index in [1.54, 1.807) is 54.8 Å². The van der Waals surface area contributed by atoms with Gasteiger partial charge in [0.15, 0.2) is 21.8 Å². The molecule has 2 fully saturated rings. The molecule has 1 aromatic heterocycles. The molecule has 1 unspecified atom stereocenters. The quantitative estimate of drug-likeness (QED) is 0.0934. The van der Waals surface area contributed by atoms with Gasteiger partial charge in [0.05, 0.1) is 6.42 Å². The Morgan fingerprint density at radius 3 is 2.34 bits per heavy atom. The van der Waals surface area contributed by atoms with Crippen LogP contribution in [0.1, 0.15) is 35.8 Å². The molecular formula is C30H28ClN5O9S2. The Bertz CT molecular complexity index is 1650. The monoisotopic (exact) mass is 701 g/mol. The molecule has 2 saturated heterocycles. The number of anilines is 1. The van der Waals surface area contributed by atoms with Gasteiger partial charge in [-0.2, -0.15) is 5.06 Å². The largest absolute Gasteiger partial charge is 0.448 e. The molecule has 2 aliphatic heterocycles. The summed E-state index contributed by atoms with van der Waals surface area (Å²) in [6.45, 7) is -0.444. The van der Waals surface area contributed by atoms with Crippen molar-refractivity contribution in [3.63, 3.8) is 0 Å². The summed E-state index contributed by atoms with van der Waals surface area (Å²) < 4.78 is 11.5. The highest BCUT2D eigenvalue weighted by Gasteiger charge is 2.64. The summed E-state index contributed by atoms with van der Waals surface area (Å²) in [6.07, 6.45) is 0.192. The van der Waals surface area contributed by atoms with Gasteiger partial charge in [-0.1, -0.05) is 65.8 Å².